The van der Waals surface area contributed by atoms with Crippen molar-refractivity contribution in [3.63, 3.8) is 0 Å². The first kappa shape index (κ1) is 14.1. The Hall–Kier alpha value is -1.30. The molecule has 1 aliphatic rings. The Morgan fingerprint density at radius 3 is 2.84 bits per heavy atom. The zero-order chi connectivity index (χ0) is 14.0. The van der Waals surface area contributed by atoms with Crippen molar-refractivity contribution < 1.29 is 9.31 Å². The molecule has 1 aliphatic heterocycles. The van der Waals surface area contributed by atoms with Gasteiger partial charge in [0.15, 0.2) is 0 Å². The third kappa shape index (κ3) is 3.83. The molecule has 0 saturated carbocycles. The number of rotatable bonds is 3. The number of non-ortho nitro benzene ring substituents is 1. The minimum Gasteiger partial charge on any atom is -0.381 e. The van der Waals surface area contributed by atoms with Crippen LogP contribution in [0.25, 0.3) is 0 Å². The van der Waals surface area contributed by atoms with Crippen LogP contribution in [0.15, 0.2) is 18.2 Å². The van der Waals surface area contributed by atoms with Crippen molar-refractivity contribution >= 4 is 23.1 Å². The number of hydrogen-bond acceptors (Lipinski definition) is 4. The second-order valence-electron chi connectivity index (χ2n) is 5.68. The molecule has 1 N–H and O–H groups in total. The summed E-state index contributed by atoms with van der Waals surface area (Å²) in [5.41, 5.74) is 0.500. The highest BCUT2D eigenvalue weighted by atomic mass is 32.2. The zero-order valence-corrected chi connectivity index (χ0v) is 11.8. The topological polar surface area (TPSA) is 55.2 Å². The number of thioether (sulfide) groups is 1. The van der Waals surface area contributed by atoms with Crippen molar-refractivity contribution in [2.75, 3.05) is 16.8 Å². The maximum absolute atomic E-state index is 13.3. The molecule has 1 fully saturated rings. The number of nitrogens with zero attached hydrogens (tertiary/aromatic N) is 1. The molecule has 2 rings (SSSR count). The first-order valence-electron chi connectivity index (χ1n) is 6.15. The van der Waals surface area contributed by atoms with Crippen LogP contribution >= 0.6 is 11.8 Å². The van der Waals surface area contributed by atoms with E-state index in [4.69, 9.17) is 0 Å². The Labute approximate surface area is 115 Å². The smallest absolute Gasteiger partial charge is 0.274 e. The summed E-state index contributed by atoms with van der Waals surface area (Å²) in [6, 6.07) is 3.84. The molecular weight excluding hydrogens is 267 g/mol. The highest BCUT2D eigenvalue weighted by Crippen LogP contribution is 2.35. The average molecular weight is 284 g/mol. The van der Waals surface area contributed by atoms with Gasteiger partial charge >= 0.3 is 0 Å². The van der Waals surface area contributed by atoms with Crippen LogP contribution < -0.4 is 5.32 Å². The Kier molecular flexibility index (Phi) is 3.99. The van der Waals surface area contributed by atoms with E-state index < -0.39 is 10.7 Å². The van der Waals surface area contributed by atoms with Crippen LogP contribution in [0.5, 0.6) is 0 Å². The van der Waals surface area contributed by atoms with Gasteiger partial charge in [-0.05, 0) is 23.7 Å². The summed E-state index contributed by atoms with van der Waals surface area (Å²) in [5, 5.41) is 13.9. The minimum absolute atomic E-state index is 0.217. The van der Waals surface area contributed by atoms with E-state index in [0.717, 1.165) is 24.0 Å². The Balaban J connectivity index is 2.12. The van der Waals surface area contributed by atoms with Crippen molar-refractivity contribution in [2.24, 2.45) is 5.41 Å². The van der Waals surface area contributed by atoms with Gasteiger partial charge in [-0.2, -0.15) is 11.8 Å². The number of benzene rings is 1. The lowest BCUT2D eigenvalue weighted by atomic mass is 9.88. The van der Waals surface area contributed by atoms with Gasteiger partial charge in [0, 0.05) is 23.5 Å². The predicted molar refractivity (Wildman–Crippen MR) is 76.2 cm³/mol. The van der Waals surface area contributed by atoms with Gasteiger partial charge in [-0.3, -0.25) is 10.1 Å². The molecular formula is C13H17FN2O2S. The molecule has 1 aromatic carbocycles. The molecule has 1 unspecified atom stereocenters. The van der Waals surface area contributed by atoms with Crippen LogP contribution in [0.1, 0.15) is 20.3 Å². The van der Waals surface area contributed by atoms with Crippen LogP contribution in [0, 0.1) is 21.3 Å². The lowest BCUT2D eigenvalue weighted by Crippen LogP contribution is -2.35. The van der Waals surface area contributed by atoms with Gasteiger partial charge in [-0.1, -0.05) is 13.8 Å². The van der Waals surface area contributed by atoms with Crippen molar-refractivity contribution in [1.29, 1.82) is 0 Å². The molecule has 19 heavy (non-hydrogen) atoms. The van der Waals surface area contributed by atoms with Crippen LogP contribution in [0.4, 0.5) is 15.8 Å². The fraction of sp³-hybridized carbons (Fsp3) is 0.538. The third-order valence-electron chi connectivity index (χ3n) is 3.07. The fourth-order valence-electron chi connectivity index (χ4n) is 2.35. The zero-order valence-electron chi connectivity index (χ0n) is 11.0. The summed E-state index contributed by atoms with van der Waals surface area (Å²) in [5.74, 6) is 1.46. The highest BCUT2D eigenvalue weighted by molar-refractivity contribution is 7.99. The minimum atomic E-state index is -0.584. The van der Waals surface area contributed by atoms with E-state index in [-0.39, 0.29) is 17.1 Å². The van der Waals surface area contributed by atoms with E-state index in [9.17, 15) is 14.5 Å². The first-order chi connectivity index (χ1) is 8.85. The molecule has 4 nitrogen and oxygen atoms in total. The van der Waals surface area contributed by atoms with Gasteiger partial charge < -0.3 is 5.32 Å². The lowest BCUT2D eigenvalue weighted by molar-refractivity contribution is -0.385. The Morgan fingerprint density at radius 1 is 1.47 bits per heavy atom. The Bertz CT molecular complexity index is 494. The van der Waals surface area contributed by atoms with Gasteiger partial charge in [0.25, 0.3) is 5.69 Å². The molecule has 0 amide bonds. The largest absolute Gasteiger partial charge is 0.381 e. The summed E-state index contributed by atoms with van der Waals surface area (Å²) in [6.07, 6.45) is 0.976. The molecule has 0 bridgehead atoms. The van der Waals surface area contributed by atoms with E-state index in [1.165, 1.54) is 12.1 Å². The average Bonchev–Trinajstić information content (AvgIpc) is 2.26. The maximum Gasteiger partial charge on any atom is 0.274 e. The van der Waals surface area contributed by atoms with Crippen LogP contribution in [-0.2, 0) is 0 Å². The van der Waals surface area contributed by atoms with Crippen molar-refractivity contribution in [3.05, 3.63) is 34.1 Å². The van der Waals surface area contributed by atoms with Crippen LogP contribution in [-0.4, -0.2) is 22.5 Å². The summed E-state index contributed by atoms with van der Waals surface area (Å²) in [6.45, 7) is 4.39. The molecule has 0 spiro atoms. The van der Waals surface area contributed by atoms with E-state index >= 15 is 0 Å². The normalized spacial score (nSPS) is 21.9. The van der Waals surface area contributed by atoms with Gasteiger partial charge in [0.05, 0.1) is 11.0 Å². The standard InChI is InChI=1S/C13H17FN2O2S/c1-13(2)6-11(7-19-8-13)15-10-3-9(14)4-12(5-10)16(17)18/h3-5,11,15H,6-8H2,1-2H3. The molecule has 1 saturated heterocycles. The van der Waals surface area contributed by atoms with E-state index in [1.54, 1.807) is 0 Å². The number of hydrogen-bond donors (Lipinski definition) is 1. The van der Waals surface area contributed by atoms with E-state index in [0.29, 0.717) is 5.69 Å². The van der Waals surface area contributed by atoms with Crippen LogP contribution in [0.2, 0.25) is 0 Å². The predicted octanol–water partition coefficient (Wildman–Crippen LogP) is 3.68. The highest BCUT2D eigenvalue weighted by Gasteiger charge is 2.28. The molecule has 1 aromatic rings. The summed E-state index contributed by atoms with van der Waals surface area (Å²) < 4.78 is 13.3. The summed E-state index contributed by atoms with van der Waals surface area (Å²) in [4.78, 5) is 10.1. The van der Waals surface area contributed by atoms with Crippen LogP contribution in [0.3, 0.4) is 0 Å². The van der Waals surface area contributed by atoms with Crippen molar-refractivity contribution in [1.82, 2.24) is 0 Å². The van der Waals surface area contributed by atoms with Gasteiger partial charge in [-0.25, -0.2) is 4.39 Å². The monoisotopic (exact) mass is 284 g/mol. The lowest BCUT2D eigenvalue weighted by Gasteiger charge is -2.35. The number of halogens is 1. The second-order valence-corrected chi connectivity index (χ2v) is 6.71. The van der Waals surface area contributed by atoms with Gasteiger partial charge in [0.2, 0.25) is 0 Å². The van der Waals surface area contributed by atoms with E-state index in [1.807, 2.05) is 11.8 Å². The molecule has 0 aromatic heterocycles. The second kappa shape index (κ2) is 5.36. The maximum atomic E-state index is 13.3. The number of nitro groups is 1. The quantitative estimate of drug-likeness (QED) is 0.679. The summed E-state index contributed by atoms with van der Waals surface area (Å²) in [7, 11) is 0. The van der Waals surface area contributed by atoms with Gasteiger partial charge in [0.1, 0.15) is 5.82 Å². The number of anilines is 1. The fourth-order valence-corrected chi connectivity index (χ4v) is 3.63. The molecule has 1 atom stereocenters. The SMILES string of the molecule is CC1(C)CSCC(Nc2cc(F)cc([N+](=O)[O-])c2)C1. The third-order valence-corrected chi connectivity index (χ3v) is 4.70. The van der Waals surface area contributed by atoms with Crippen molar-refractivity contribution in [3.8, 4) is 0 Å². The van der Waals surface area contributed by atoms with Crippen molar-refractivity contribution in [2.45, 2.75) is 26.3 Å². The van der Waals surface area contributed by atoms with E-state index in [2.05, 4.69) is 19.2 Å². The number of nitrogens with one attached hydrogen (secondary N) is 1. The molecule has 1 heterocycles. The van der Waals surface area contributed by atoms with Gasteiger partial charge in [-0.15, -0.1) is 0 Å². The molecule has 0 radical (unpaired) electrons. The Morgan fingerprint density at radius 2 is 2.21 bits per heavy atom. The molecule has 0 aliphatic carbocycles. The molecule has 6 heteroatoms. The number of nitro benzene ring substituents is 1. The molecule has 104 valence electrons. The first-order valence-corrected chi connectivity index (χ1v) is 7.30. The summed E-state index contributed by atoms with van der Waals surface area (Å²) >= 11 is 1.85.